The van der Waals surface area contributed by atoms with Gasteiger partial charge in [-0.05, 0) is 30.4 Å². The van der Waals surface area contributed by atoms with Gasteiger partial charge in [0, 0.05) is 38.3 Å². The van der Waals surface area contributed by atoms with Crippen LogP contribution in [0.25, 0.3) is 0 Å². The van der Waals surface area contributed by atoms with E-state index in [0.717, 1.165) is 32.4 Å². The number of ether oxygens (including phenoxy) is 1. The van der Waals surface area contributed by atoms with Crippen LogP contribution >= 0.6 is 0 Å². The number of methoxy groups -OCH3 is 1. The molecule has 2 aliphatic rings. The van der Waals surface area contributed by atoms with E-state index in [1.54, 1.807) is 4.90 Å². The van der Waals surface area contributed by atoms with Crippen molar-refractivity contribution in [2.45, 2.75) is 31.8 Å². The molecule has 0 aliphatic carbocycles. The van der Waals surface area contributed by atoms with E-state index in [0.29, 0.717) is 19.1 Å². The van der Waals surface area contributed by atoms with Gasteiger partial charge in [-0.15, -0.1) is 0 Å². The Kier molecular flexibility index (Phi) is 4.99. The highest BCUT2D eigenvalue weighted by Gasteiger charge is 2.30. The van der Waals surface area contributed by atoms with Crippen LogP contribution in [0.2, 0.25) is 0 Å². The van der Waals surface area contributed by atoms with Crippen LogP contribution in [0.3, 0.4) is 0 Å². The zero-order chi connectivity index (χ0) is 18.8. The summed E-state index contributed by atoms with van der Waals surface area (Å²) in [5.41, 5.74) is 2.53. The highest BCUT2D eigenvalue weighted by molar-refractivity contribution is 5.91. The van der Waals surface area contributed by atoms with Crippen LogP contribution in [0.4, 0.5) is 0 Å². The molecule has 2 aromatic rings. The molecule has 27 heavy (non-hydrogen) atoms. The van der Waals surface area contributed by atoms with Gasteiger partial charge in [0.15, 0.2) is 5.76 Å². The van der Waals surface area contributed by atoms with E-state index in [2.05, 4.69) is 29.2 Å². The number of hydrogen-bond donors (Lipinski definition) is 0. The quantitative estimate of drug-likeness (QED) is 0.832. The van der Waals surface area contributed by atoms with Crippen molar-refractivity contribution < 1.29 is 13.9 Å². The molecule has 1 fully saturated rings. The summed E-state index contributed by atoms with van der Waals surface area (Å²) in [6.07, 6.45) is 4.17. The number of piperidine rings is 1. The summed E-state index contributed by atoms with van der Waals surface area (Å²) >= 11 is 0. The zero-order valence-corrected chi connectivity index (χ0v) is 15.5. The van der Waals surface area contributed by atoms with Crippen molar-refractivity contribution in [1.82, 2.24) is 9.80 Å². The molecule has 0 spiro atoms. The molecule has 6 nitrogen and oxygen atoms in total. The van der Waals surface area contributed by atoms with Gasteiger partial charge in [-0.25, -0.2) is 0 Å². The summed E-state index contributed by atoms with van der Waals surface area (Å²) in [6, 6.07) is 10.4. The Bertz CT molecular complexity index is 884. The van der Waals surface area contributed by atoms with Crippen molar-refractivity contribution in [3.05, 3.63) is 63.7 Å². The van der Waals surface area contributed by atoms with Crippen molar-refractivity contribution >= 4 is 5.91 Å². The van der Waals surface area contributed by atoms with Crippen LogP contribution in [0.15, 0.2) is 45.8 Å². The molecule has 0 bridgehead atoms. The highest BCUT2D eigenvalue weighted by atomic mass is 16.5. The van der Waals surface area contributed by atoms with Crippen LogP contribution in [-0.2, 0) is 13.0 Å². The molecule has 0 radical (unpaired) electrons. The van der Waals surface area contributed by atoms with E-state index in [9.17, 15) is 9.59 Å². The third-order valence-corrected chi connectivity index (χ3v) is 5.66. The SMILES string of the molecule is COc1coc(C(=O)N2CCC(N3CCc4ccccc4C3)CC2)cc1=O. The number of carbonyl (C=O) groups excluding carboxylic acids is 1. The summed E-state index contributed by atoms with van der Waals surface area (Å²) < 4.78 is 10.2. The summed E-state index contributed by atoms with van der Waals surface area (Å²) in [7, 11) is 1.40. The Morgan fingerprint density at radius 2 is 1.89 bits per heavy atom. The molecule has 1 amide bonds. The number of rotatable bonds is 3. The Morgan fingerprint density at radius 3 is 2.59 bits per heavy atom. The van der Waals surface area contributed by atoms with Crippen molar-refractivity contribution in [2.24, 2.45) is 0 Å². The second kappa shape index (κ2) is 7.56. The lowest BCUT2D eigenvalue weighted by Crippen LogP contribution is -2.48. The van der Waals surface area contributed by atoms with Crippen molar-refractivity contribution in [1.29, 1.82) is 0 Å². The van der Waals surface area contributed by atoms with Crippen LogP contribution in [-0.4, -0.2) is 48.5 Å². The van der Waals surface area contributed by atoms with Gasteiger partial charge in [-0.2, -0.15) is 0 Å². The Morgan fingerprint density at radius 1 is 1.15 bits per heavy atom. The van der Waals surface area contributed by atoms with E-state index in [4.69, 9.17) is 9.15 Å². The Balaban J connectivity index is 1.37. The molecule has 0 N–H and O–H groups in total. The molecular weight excluding hydrogens is 344 g/mol. The molecule has 1 aromatic heterocycles. The van der Waals surface area contributed by atoms with Gasteiger partial charge in [-0.1, -0.05) is 24.3 Å². The van der Waals surface area contributed by atoms with Crippen molar-refractivity contribution in [3.63, 3.8) is 0 Å². The number of nitrogens with zero attached hydrogens (tertiary/aromatic N) is 2. The fraction of sp³-hybridized carbons (Fsp3) is 0.429. The molecule has 2 aliphatic heterocycles. The second-order valence-electron chi connectivity index (χ2n) is 7.19. The Hall–Kier alpha value is -2.60. The topological polar surface area (TPSA) is 63.0 Å². The van der Waals surface area contributed by atoms with Crippen LogP contribution < -0.4 is 10.2 Å². The first kappa shape index (κ1) is 17.8. The van der Waals surface area contributed by atoms with E-state index < -0.39 is 0 Å². The van der Waals surface area contributed by atoms with Gasteiger partial charge >= 0.3 is 0 Å². The van der Waals surface area contributed by atoms with E-state index in [1.165, 1.54) is 30.6 Å². The van der Waals surface area contributed by atoms with Gasteiger partial charge in [0.25, 0.3) is 5.91 Å². The molecule has 1 aromatic carbocycles. The first-order valence-electron chi connectivity index (χ1n) is 9.42. The molecule has 0 atom stereocenters. The number of likely N-dealkylation sites (tertiary alicyclic amines) is 1. The number of benzene rings is 1. The smallest absolute Gasteiger partial charge is 0.289 e. The fourth-order valence-corrected chi connectivity index (χ4v) is 4.08. The maximum absolute atomic E-state index is 12.6. The largest absolute Gasteiger partial charge is 0.490 e. The standard InChI is InChI=1S/C21H24N2O4/c1-26-20-14-27-19(12-18(20)24)21(25)22-10-7-17(8-11-22)23-9-6-15-4-2-3-5-16(15)13-23/h2-5,12,14,17H,6-11,13H2,1H3. The lowest BCUT2D eigenvalue weighted by atomic mass is 9.95. The molecule has 0 unspecified atom stereocenters. The Labute approximate surface area is 158 Å². The average molecular weight is 368 g/mol. The van der Waals surface area contributed by atoms with Crippen LogP contribution in [0.5, 0.6) is 5.75 Å². The van der Waals surface area contributed by atoms with Gasteiger partial charge in [0.2, 0.25) is 11.2 Å². The predicted octanol–water partition coefficient (Wildman–Crippen LogP) is 2.31. The number of amides is 1. The highest BCUT2D eigenvalue weighted by Crippen LogP contribution is 2.25. The monoisotopic (exact) mass is 368 g/mol. The van der Waals surface area contributed by atoms with Gasteiger partial charge < -0.3 is 14.1 Å². The molecule has 4 rings (SSSR count). The van der Waals surface area contributed by atoms with E-state index in [-0.39, 0.29) is 22.8 Å². The maximum Gasteiger partial charge on any atom is 0.289 e. The predicted molar refractivity (Wildman–Crippen MR) is 101 cm³/mol. The molecule has 6 heteroatoms. The minimum atomic E-state index is -0.339. The lowest BCUT2D eigenvalue weighted by molar-refractivity contribution is 0.0568. The van der Waals surface area contributed by atoms with Gasteiger partial charge in [0.05, 0.1) is 7.11 Å². The minimum Gasteiger partial charge on any atom is -0.490 e. The first-order valence-corrected chi connectivity index (χ1v) is 9.42. The third kappa shape index (κ3) is 3.62. The minimum absolute atomic E-state index is 0.0751. The summed E-state index contributed by atoms with van der Waals surface area (Å²) in [5, 5.41) is 0. The fourth-order valence-electron chi connectivity index (χ4n) is 4.08. The van der Waals surface area contributed by atoms with Crippen LogP contribution in [0, 0.1) is 0 Å². The van der Waals surface area contributed by atoms with E-state index >= 15 is 0 Å². The number of hydrogen-bond acceptors (Lipinski definition) is 5. The molecular formula is C21H24N2O4. The third-order valence-electron chi connectivity index (χ3n) is 5.66. The van der Waals surface area contributed by atoms with Crippen molar-refractivity contribution in [3.8, 4) is 5.75 Å². The number of carbonyl (C=O) groups is 1. The second-order valence-corrected chi connectivity index (χ2v) is 7.19. The molecule has 142 valence electrons. The zero-order valence-electron chi connectivity index (χ0n) is 15.5. The van der Waals surface area contributed by atoms with Gasteiger partial charge in [-0.3, -0.25) is 14.5 Å². The first-order chi connectivity index (χ1) is 13.2. The maximum atomic E-state index is 12.6. The summed E-state index contributed by atoms with van der Waals surface area (Å²) in [4.78, 5) is 28.8. The van der Waals surface area contributed by atoms with Crippen molar-refractivity contribution in [2.75, 3.05) is 26.7 Å². The molecule has 3 heterocycles. The van der Waals surface area contributed by atoms with Crippen LogP contribution in [0.1, 0.15) is 34.5 Å². The molecule has 0 saturated carbocycles. The number of fused-ring (bicyclic) bond motifs is 1. The van der Waals surface area contributed by atoms with Gasteiger partial charge in [0.1, 0.15) is 6.26 Å². The summed E-state index contributed by atoms with van der Waals surface area (Å²) in [5.74, 6) is -0.0426. The molecule has 1 saturated heterocycles. The lowest BCUT2D eigenvalue weighted by Gasteiger charge is -2.40. The summed E-state index contributed by atoms with van der Waals surface area (Å²) in [6.45, 7) is 3.42. The van der Waals surface area contributed by atoms with E-state index in [1.807, 2.05) is 0 Å². The normalized spacial score (nSPS) is 18.2. The average Bonchev–Trinajstić information content (AvgIpc) is 2.73.